The molecule has 92 valence electrons. The highest BCUT2D eigenvalue weighted by Gasteiger charge is 2.33. The first-order valence-electron chi connectivity index (χ1n) is 6.27. The van der Waals surface area contributed by atoms with Crippen LogP contribution in [0.2, 0.25) is 0 Å². The van der Waals surface area contributed by atoms with Gasteiger partial charge < -0.3 is 14.7 Å². The summed E-state index contributed by atoms with van der Waals surface area (Å²) in [6.07, 6.45) is 4.51. The molecule has 3 heterocycles. The summed E-state index contributed by atoms with van der Waals surface area (Å²) < 4.78 is 5.81. The molecule has 1 aromatic heterocycles. The number of anilines is 1. The Kier molecular flexibility index (Phi) is 2.76. The van der Waals surface area contributed by atoms with Crippen molar-refractivity contribution in [1.82, 2.24) is 4.98 Å². The van der Waals surface area contributed by atoms with Crippen molar-refractivity contribution in [3.8, 4) is 0 Å². The third-order valence-electron chi connectivity index (χ3n) is 3.61. The Hall–Kier alpha value is -1.13. The fourth-order valence-electron chi connectivity index (χ4n) is 2.66. The van der Waals surface area contributed by atoms with Gasteiger partial charge in [0.1, 0.15) is 0 Å². The summed E-state index contributed by atoms with van der Waals surface area (Å²) in [5, 5.41) is 9.42. The zero-order valence-corrected chi connectivity index (χ0v) is 10.0. The summed E-state index contributed by atoms with van der Waals surface area (Å²) in [6, 6.07) is 3.94. The molecule has 3 atom stereocenters. The van der Waals surface area contributed by atoms with E-state index in [9.17, 15) is 5.11 Å². The van der Waals surface area contributed by atoms with Gasteiger partial charge in [0.15, 0.2) is 0 Å². The molecule has 2 saturated heterocycles. The van der Waals surface area contributed by atoms with Crippen LogP contribution < -0.4 is 4.90 Å². The molecule has 2 fully saturated rings. The molecule has 1 aromatic rings. The lowest BCUT2D eigenvalue weighted by atomic mass is 10.2. The van der Waals surface area contributed by atoms with Gasteiger partial charge in [-0.2, -0.15) is 0 Å². The molecule has 0 aromatic carbocycles. The minimum atomic E-state index is -0.495. The SMILES string of the molecule is C[C@H](O)c1ccc(N2CC3CCC(C2)O3)cn1. The van der Waals surface area contributed by atoms with Gasteiger partial charge in [-0.1, -0.05) is 0 Å². The van der Waals surface area contributed by atoms with E-state index in [2.05, 4.69) is 9.88 Å². The van der Waals surface area contributed by atoms with Crippen LogP contribution in [0.15, 0.2) is 18.3 Å². The van der Waals surface area contributed by atoms with Crippen LogP contribution in [0.5, 0.6) is 0 Å². The molecule has 3 rings (SSSR count). The Balaban J connectivity index is 1.75. The van der Waals surface area contributed by atoms with Crippen molar-refractivity contribution >= 4 is 5.69 Å². The molecule has 4 nitrogen and oxygen atoms in total. The number of aliphatic hydroxyl groups excluding tert-OH is 1. The van der Waals surface area contributed by atoms with Crippen molar-refractivity contribution in [2.45, 2.75) is 38.1 Å². The molecule has 2 bridgehead atoms. The molecule has 0 amide bonds. The minimum Gasteiger partial charge on any atom is -0.387 e. The fourth-order valence-corrected chi connectivity index (χ4v) is 2.66. The Morgan fingerprint density at radius 1 is 1.35 bits per heavy atom. The largest absolute Gasteiger partial charge is 0.387 e. The van der Waals surface area contributed by atoms with Crippen molar-refractivity contribution in [1.29, 1.82) is 0 Å². The van der Waals surface area contributed by atoms with Crippen molar-refractivity contribution in [2.75, 3.05) is 18.0 Å². The second kappa shape index (κ2) is 4.27. The molecule has 4 heteroatoms. The molecule has 0 aliphatic carbocycles. The number of fused-ring (bicyclic) bond motifs is 2. The van der Waals surface area contributed by atoms with Crippen molar-refractivity contribution < 1.29 is 9.84 Å². The van der Waals surface area contributed by atoms with Gasteiger partial charge in [-0.05, 0) is 31.9 Å². The van der Waals surface area contributed by atoms with Crippen LogP contribution in [0.25, 0.3) is 0 Å². The maximum Gasteiger partial charge on any atom is 0.0931 e. The van der Waals surface area contributed by atoms with Gasteiger partial charge >= 0.3 is 0 Å². The zero-order chi connectivity index (χ0) is 11.8. The maximum atomic E-state index is 9.42. The van der Waals surface area contributed by atoms with Crippen LogP contribution in [0.4, 0.5) is 5.69 Å². The molecule has 2 aliphatic rings. The number of hydrogen-bond acceptors (Lipinski definition) is 4. The van der Waals surface area contributed by atoms with E-state index in [1.807, 2.05) is 18.3 Å². The Labute approximate surface area is 101 Å². The average molecular weight is 234 g/mol. The fraction of sp³-hybridized carbons (Fsp3) is 0.615. The number of nitrogens with zero attached hydrogens (tertiary/aromatic N) is 2. The molecule has 0 radical (unpaired) electrons. The first-order chi connectivity index (χ1) is 8.22. The first-order valence-corrected chi connectivity index (χ1v) is 6.27. The van der Waals surface area contributed by atoms with Crippen molar-refractivity contribution in [3.05, 3.63) is 24.0 Å². The molecule has 0 spiro atoms. The topological polar surface area (TPSA) is 45.6 Å². The number of morpholine rings is 1. The lowest BCUT2D eigenvalue weighted by Gasteiger charge is -2.33. The molecular weight excluding hydrogens is 216 g/mol. The number of aromatic nitrogens is 1. The summed E-state index contributed by atoms with van der Waals surface area (Å²) in [6.45, 7) is 3.66. The zero-order valence-electron chi connectivity index (χ0n) is 10.0. The number of hydrogen-bond donors (Lipinski definition) is 1. The highest BCUT2D eigenvalue weighted by molar-refractivity contribution is 5.45. The standard InChI is InChI=1S/C13H18N2O2/c1-9(16)13-5-2-10(6-14-13)15-7-11-3-4-12(8-15)17-11/h2,5-6,9,11-12,16H,3-4,7-8H2,1H3/t9-,11?,12?/m0/s1. The van der Waals surface area contributed by atoms with E-state index in [1.54, 1.807) is 6.92 Å². The smallest absolute Gasteiger partial charge is 0.0931 e. The summed E-state index contributed by atoms with van der Waals surface area (Å²) in [4.78, 5) is 6.63. The van der Waals surface area contributed by atoms with E-state index in [4.69, 9.17) is 4.74 Å². The van der Waals surface area contributed by atoms with E-state index in [0.29, 0.717) is 12.2 Å². The average Bonchev–Trinajstić information content (AvgIpc) is 2.68. The van der Waals surface area contributed by atoms with Crippen LogP contribution in [0, 0.1) is 0 Å². The summed E-state index contributed by atoms with van der Waals surface area (Å²) >= 11 is 0. The second-order valence-corrected chi connectivity index (χ2v) is 4.98. The second-order valence-electron chi connectivity index (χ2n) is 4.98. The van der Waals surface area contributed by atoms with Gasteiger partial charge in [0.25, 0.3) is 0 Å². The predicted octanol–water partition coefficient (Wildman–Crippen LogP) is 1.50. The molecule has 17 heavy (non-hydrogen) atoms. The normalized spacial score (nSPS) is 29.4. The van der Waals surface area contributed by atoms with Crippen LogP contribution in [-0.4, -0.2) is 35.4 Å². The van der Waals surface area contributed by atoms with E-state index in [-0.39, 0.29) is 0 Å². The number of pyridine rings is 1. The van der Waals surface area contributed by atoms with Crippen LogP contribution in [0.3, 0.4) is 0 Å². The highest BCUT2D eigenvalue weighted by Crippen LogP contribution is 2.29. The van der Waals surface area contributed by atoms with Gasteiger partial charge in [0.2, 0.25) is 0 Å². The highest BCUT2D eigenvalue weighted by atomic mass is 16.5. The minimum absolute atomic E-state index is 0.394. The van der Waals surface area contributed by atoms with Gasteiger partial charge in [0, 0.05) is 13.1 Å². The van der Waals surface area contributed by atoms with Gasteiger partial charge in [0.05, 0.1) is 35.9 Å². The third-order valence-corrected chi connectivity index (χ3v) is 3.61. The summed E-state index contributed by atoms with van der Waals surface area (Å²) in [5.41, 5.74) is 1.86. The van der Waals surface area contributed by atoms with Crippen LogP contribution >= 0.6 is 0 Å². The number of aliphatic hydroxyl groups is 1. The lowest BCUT2D eigenvalue weighted by molar-refractivity contribution is 0.0304. The monoisotopic (exact) mass is 234 g/mol. The van der Waals surface area contributed by atoms with Gasteiger partial charge in [-0.15, -0.1) is 0 Å². The summed E-state index contributed by atoms with van der Waals surface area (Å²) in [5.74, 6) is 0. The first kappa shape index (κ1) is 11.0. The van der Waals surface area contributed by atoms with Crippen molar-refractivity contribution in [3.63, 3.8) is 0 Å². The molecule has 0 saturated carbocycles. The van der Waals surface area contributed by atoms with Crippen LogP contribution in [-0.2, 0) is 4.74 Å². The van der Waals surface area contributed by atoms with E-state index < -0.39 is 6.10 Å². The molecule has 1 N–H and O–H groups in total. The Bertz CT molecular complexity index is 379. The summed E-state index contributed by atoms with van der Waals surface area (Å²) in [7, 11) is 0. The molecule has 2 aliphatic heterocycles. The maximum absolute atomic E-state index is 9.42. The third kappa shape index (κ3) is 2.15. The van der Waals surface area contributed by atoms with E-state index >= 15 is 0 Å². The Morgan fingerprint density at radius 3 is 2.59 bits per heavy atom. The number of ether oxygens (including phenoxy) is 1. The van der Waals surface area contributed by atoms with E-state index in [1.165, 1.54) is 12.8 Å². The quantitative estimate of drug-likeness (QED) is 0.842. The molecular formula is C13H18N2O2. The van der Waals surface area contributed by atoms with Gasteiger partial charge in [-0.3, -0.25) is 4.98 Å². The van der Waals surface area contributed by atoms with Gasteiger partial charge in [-0.25, -0.2) is 0 Å². The predicted molar refractivity (Wildman–Crippen MR) is 65.0 cm³/mol. The molecule has 2 unspecified atom stereocenters. The van der Waals surface area contributed by atoms with Crippen LogP contribution in [0.1, 0.15) is 31.6 Å². The Morgan fingerprint density at radius 2 is 2.06 bits per heavy atom. The number of rotatable bonds is 2. The van der Waals surface area contributed by atoms with E-state index in [0.717, 1.165) is 24.5 Å². The lowest BCUT2D eigenvalue weighted by Crippen LogP contribution is -2.42. The van der Waals surface area contributed by atoms with Crippen molar-refractivity contribution in [2.24, 2.45) is 0 Å².